The Kier molecular flexibility index (Phi) is 4.76. The predicted molar refractivity (Wildman–Crippen MR) is 90.6 cm³/mol. The van der Waals surface area contributed by atoms with Crippen molar-refractivity contribution in [2.75, 3.05) is 6.54 Å². The van der Waals surface area contributed by atoms with Crippen LogP contribution in [0.4, 0.5) is 0 Å². The van der Waals surface area contributed by atoms with Crippen molar-refractivity contribution in [2.45, 2.75) is 13.0 Å². The molecule has 1 atom stereocenters. The highest BCUT2D eigenvalue weighted by molar-refractivity contribution is 5.92. The molecule has 2 aromatic heterocycles. The van der Waals surface area contributed by atoms with Gasteiger partial charge in [-0.15, -0.1) is 0 Å². The van der Waals surface area contributed by atoms with E-state index in [1.165, 1.54) is 17.0 Å². The molecule has 128 valence electrons. The quantitative estimate of drug-likeness (QED) is 0.736. The summed E-state index contributed by atoms with van der Waals surface area (Å²) in [4.78, 5) is 24.4. The standard InChI is InChI=1S/C18H17N3O4/c1-12-10-14(22)17(20-21(12)13-6-3-2-4-7-13)18(24)19-11-15(23)16-8-5-9-25-16/h2-10,15,23H,11H2,1H3,(H,19,24). The van der Waals surface area contributed by atoms with Gasteiger partial charge < -0.3 is 14.8 Å². The van der Waals surface area contributed by atoms with Gasteiger partial charge in [0.25, 0.3) is 5.91 Å². The first-order valence-corrected chi connectivity index (χ1v) is 7.72. The Bertz CT molecular complexity index is 917. The van der Waals surface area contributed by atoms with E-state index in [1.54, 1.807) is 19.1 Å². The van der Waals surface area contributed by atoms with Gasteiger partial charge in [0.2, 0.25) is 5.43 Å². The summed E-state index contributed by atoms with van der Waals surface area (Å²) in [5.74, 6) is -0.320. The third kappa shape index (κ3) is 3.67. The summed E-state index contributed by atoms with van der Waals surface area (Å²) in [5, 5.41) is 16.6. The number of amides is 1. The largest absolute Gasteiger partial charge is 0.467 e. The highest BCUT2D eigenvalue weighted by Gasteiger charge is 2.17. The van der Waals surface area contributed by atoms with Crippen molar-refractivity contribution >= 4 is 5.91 Å². The SMILES string of the molecule is Cc1cc(=O)c(C(=O)NCC(O)c2ccco2)nn1-c1ccccc1. The number of hydrogen-bond donors (Lipinski definition) is 2. The van der Waals surface area contributed by atoms with E-state index in [9.17, 15) is 14.7 Å². The van der Waals surface area contributed by atoms with Crippen LogP contribution in [0.3, 0.4) is 0 Å². The van der Waals surface area contributed by atoms with Gasteiger partial charge >= 0.3 is 0 Å². The molecule has 2 heterocycles. The number of aryl methyl sites for hydroxylation is 1. The molecule has 7 heteroatoms. The number of benzene rings is 1. The first kappa shape index (κ1) is 16.7. The number of hydrogen-bond acceptors (Lipinski definition) is 5. The summed E-state index contributed by atoms with van der Waals surface area (Å²) in [6, 6.07) is 13.8. The maximum atomic E-state index is 12.3. The fourth-order valence-electron chi connectivity index (χ4n) is 2.39. The van der Waals surface area contributed by atoms with E-state index in [-0.39, 0.29) is 12.2 Å². The Labute approximate surface area is 143 Å². The summed E-state index contributed by atoms with van der Waals surface area (Å²) in [7, 11) is 0. The van der Waals surface area contributed by atoms with Gasteiger partial charge in [-0.2, -0.15) is 5.10 Å². The molecule has 0 fully saturated rings. The predicted octanol–water partition coefficient (Wildman–Crippen LogP) is 1.60. The van der Waals surface area contributed by atoms with Crippen molar-refractivity contribution in [1.82, 2.24) is 15.1 Å². The average molecular weight is 339 g/mol. The minimum atomic E-state index is -0.999. The zero-order chi connectivity index (χ0) is 17.8. The number of carbonyl (C=O) groups excluding carboxylic acids is 1. The molecule has 0 bridgehead atoms. The van der Waals surface area contributed by atoms with Crippen molar-refractivity contribution < 1.29 is 14.3 Å². The van der Waals surface area contributed by atoms with Crippen LogP contribution in [0.25, 0.3) is 5.69 Å². The molecule has 7 nitrogen and oxygen atoms in total. The summed E-state index contributed by atoms with van der Waals surface area (Å²) < 4.78 is 6.59. The van der Waals surface area contributed by atoms with E-state index >= 15 is 0 Å². The third-order valence-electron chi connectivity index (χ3n) is 3.65. The van der Waals surface area contributed by atoms with Crippen LogP contribution in [0, 0.1) is 6.92 Å². The molecular weight excluding hydrogens is 322 g/mol. The summed E-state index contributed by atoms with van der Waals surface area (Å²) in [6.07, 6.45) is 0.432. The Hall–Kier alpha value is -3.19. The van der Waals surface area contributed by atoms with E-state index in [2.05, 4.69) is 10.4 Å². The monoisotopic (exact) mass is 339 g/mol. The molecule has 1 unspecified atom stereocenters. The molecule has 1 amide bonds. The molecule has 2 N–H and O–H groups in total. The van der Waals surface area contributed by atoms with Crippen molar-refractivity contribution in [1.29, 1.82) is 0 Å². The number of carbonyl (C=O) groups is 1. The molecule has 0 saturated heterocycles. The maximum Gasteiger partial charge on any atom is 0.275 e. The third-order valence-corrected chi connectivity index (χ3v) is 3.65. The molecule has 0 aliphatic rings. The molecule has 0 aliphatic heterocycles. The van der Waals surface area contributed by atoms with Crippen molar-refractivity contribution in [3.05, 3.63) is 82.2 Å². The van der Waals surface area contributed by atoms with Gasteiger partial charge in [0.15, 0.2) is 5.69 Å². The fourth-order valence-corrected chi connectivity index (χ4v) is 2.39. The number of rotatable bonds is 5. The number of aliphatic hydroxyl groups excluding tert-OH is 1. The van der Waals surface area contributed by atoms with Gasteiger partial charge in [0.1, 0.15) is 11.9 Å². The maximum absolute atomic E-state index is 12.3. The van der Waals surface area contributed by atoms with Gasteiger partial charge in [-0.1, -0.05) is 18.2 Å². The molecule has 1 aromatic carbocycles. The van der Waals surface area contributed by atoms with E-state index in [1.807, 2.05) is 30.3 Å². The number of para-hydroxylation sites is 1. The topological polar surface area (TPSA) is 97.4 Å². The van der Waals surface area contributed by atoms with Gasteiger partial charge in [-0.25, -0.2) is 4.68 Å². The summed E-state index contributed by atoms with van der Waals surface area (Å²) >= 11 is 0. The zero-order valence-electron chi connectivity index (χ0n) is 13.5. The van der Waals surface area contributed by atoms with Gasteiger partial charge in [0.05, 0.1) is 18.5 Å². The summed E-state index contributed by atoms with van der Waals surface area (Å²) in [6.45, 7) is 1.65. The normalized spacial score (nSPS) is 11.9. The van der Waals surface area contributed by atoms with Crippen LogP contribution in [0.2, 0.25) is 0 Å². The van der Waals surface area contributed by atoms with Crippen LogP contribution in [0.1, 0.15) is 28.0 Å². The fraction of sp³-hybridized carbons (Fsp3) is 0.167. The van der Waals surface area contributed by atoms with Crippen LogP contribution in [-0.2, 0) is 0 Å². The first-order valence-electron chi connectivity index (χ1n) is 7.72. The molecule has 3 rings (SSSR count). The number of nitrogens with one attached hydrogen (secondary N) is 1. The van der Waals surface area contributed by atoms with Gasteiger partial charge in [0, 0.05) is 11.8 Å². The second-order valence-electron chi connectivity index (χ2n) is 5.49. The average Bonchev–Trinajstić information content (AvgIpc) is 3.15. The summed E-state index contributed by atoms with van der Waals surface area (Å²) in [5.41, 5.74) is 0.642. The lowest BCUT2D eigenvalue weighted by Crippen LogP contribution is -2.34. The second-order valence-corrected chi connectivity index (χ2v) is 5.49. The first-order chi connectivity index (χ1) is 12.1. The second kappa shape index (κ2) is 7.14. The van der Waals surface area contributed by atoms with Crippen molar-refractivity contribution in [3.8, 4) is 5.69 Å². The number of furan rings is 1. The van der Waals surface area contributed by atoms with Crippen LogP contribution in [-0.4, -0.2) is 27.3 Å². The molecule has 0 aliphatic carbocycles. The van der Waals surface area contributed by atoms with E-state index in [0.29, 0.717) is 11.5 Å². The van der Waals surface area contributed by atoms with Crippen molar-refractivity contribution in [2.24, 2.45) is 0 Å². The number of nitrogens with zero attached hydrogens (tertiary/aromatic N) is 2. The highest BCUT2D eigenvalue weighted by atomic mass is 16.4. The van der Waals surface area contributed by atoms with Gasteiger partial charge in [-0.3, -0.25) is 9.59 Å². The Balaban J connectivity index is 1.82. The van der Waals surface area contributed by atoms with E-state index in [0.717, 1.165) is 5.69 Å². The van der Waals surface area contributed by atoms with Crippen LogP contribution in [0.15, 0.2) is 64.0 Å². The number of aliphatic hydroxyl groups is 1. The molecule has 0 saturated carbocycles. The molecule has 25 heavy (non-hydrogen) atoms. The number of aromatic nitrogens is 2. The van der Waals surface area contributed by atoms with Crippen LogP contribution in [0.5, 0.6) is 0 Å². The molecule has 0 radical (unpaired) electrons. The lowest BCUT2D eigenvalue weighted by molar-refractivity contribution is 0.0893. The van der Waals surface area contributed by atoms with Crippen molar-refractivity contribution in [3.63, 3.8) is 0 Å². The Morgan fingerprint density at radius 1 is 1.28 bits per heavy atom. The van der Waals surface area contributed by atoms with Gasteiger partial charge in [-0.05, 0) is 31.2 Å². The Morgan fingerprint density at radius 2 is 2.04 bits per heavy atom. The lowest BCUT2D eigenvalue weighted by atomic mass is 10.2. The minimum Gasteiger partial charge on any atom is -0.467 e. The smallest absolute Gasteiger partial charge is 0.275 e. The van der Waals surface area contributed by atoms with E-state index in [4.69, 9.17) is 4.42 Å². The molecule has 3 aromatic rings. The Morgan fingerprint density at radius 3 is 2.72 bits per heavy atom. The van der Waals surface area contributed by atoms with Crippen LogP contribution >= 0.6 is 0 Å². The molecular formula is C18H17N3O4. The lowest BCUT2D eigenvalue weighted by Gasteiger charge is -2.12. The van der Waals surface area contributed by atoms with Crippen LogP contribution < -0.4 is 10.7 Å². The van der Waals surface area contributed by atoms with E-state index < -0.39 is 17.4 Å². The zero-order valence-corrected chi connectivity index (χ0v) is 13.5. The molecule has 0 spiro atoms. The minimum absolute atomic E-state index is 0.0906. The highest BCUT2D eigenvalue weighted by Crippen LogP contribution is 2.12.